The fourth-order valence-electron chi connectivity index (χ4n) is 1.68. The van der Waals surface area contributed by atoms with Crippen molar-refractivity contribution < 1.29 is 9.90 Å². The van der Waals surface area contributed by atoms with Crippen LogP contribution in [0.2, 0.25) is 0 Å². The molecular weight excluding hydrogens is 362 g/mol. The molecule has 0 saturated heterocycles. The molecular formula is C13H17Br2NO2. The molecule has 3 nitrogen and oxygen atoms in total. The molecule has 1 unspecified atom stereocenters. The zero-order chi connectivity index (χ0) is 13.7. The van der Waals surface area contributed by atoms with Crippen molar-refractivity contribution in [3.8, 4) is 0 Å². The molecule has 0 radical (unpaired) electrons. The first-order valence-corrected chi connectivity index (χ1v) is 7.39. The van der Waals surface area contributed by atoms with E-state index in [1.807, 2.05) is 12.1 Å². The number of aliphatic hydroxyl groups excluding tert-OH is 1. The molecule has 0 saturated carbocycles. The quantitative estimate of drug-likeness (QED) is 0.825. The van der Waals surface area contributed by atoms with Crippen molar-refractivity contribution in [2.45, 2.75) is 26.3 Å². The third-order valence-electron chi connectivity index (χ3n) is 2.48. The molecule has 100 valence electrons. The van der Waals surface area contributed by atoms with Crippen LogP contribution in [0.4, 0.5) is 0 Å². The standard InChI is InChI=1S/C13H17Br2NO2/c1-8(2)5-10(7-17)16-13(18)11-6-9(14)3-4-12(11)15/h3-4,6,8,10,17H,5,7H2,1-2H3,(H,16,18). The number of amides is 1. The molecule has 0 heterocycles. The monoisotopic (exact) mass is 377 g/mol. The van der Waals surface area contributed by atoms with Crippen LogP contribution in [0, 0.1) is 5.92 Å². The molecule has 1 amide bonds. The van der Waals surface area contributed by atoms with Crippen molar-refractivity contribution in [2.24, 2.45) is 5.92 Å². The molecule has 1 aromatic rings. The third kappa shape index (κ3) is 4.71. The van der Waals surface area contributed by atoms with Gasteiger partial charge in [-0.2, -0.15) is 0 Å². The Bertz CT molecular complexity index is 421. The summed E-state index contributed by atoms with van der Waals surface area (Å²) in [5.41, 5.74) is 0.562. The highest BCUT2D eigenvalue weighted by atomic mass is 79.9. The van der Waals surface area contributed by atoms with Gasteiger partial charge in [0.2, 0.25) is 0 Å². The normalized spacial score (nSPS) is 12.6. The molecule has 2 N–H and O–H groups in total. The Morgan fingerprint density at radius 3 is 2.61 bits per heavy atom. The summed E-state index contributed by atoms with van der Waals surface area (Å²) in [6.45, 7) is 4.07. The highest BCUT2D eigenvalue weighted by Gasteiger charge is 2.16. The number of carbonyl (C=O) groups excluding carboxylic acids is 1. The molecule has 18 heavy (non-hydrogen) atoms. The summed E-state index contributed by atoms with van der Waals surface area (Å²) in [6.07, 6.45) is 0.758. The topological polar surface area (TPSA) is 49.3 Å². The fourth-order valence-corrected chi connectivity index (χ4v) is 2.47. The average Bonchev–Trinajstić information content (AvgIpc) is 2.30. The number of halogens is 2. The van der Waals surface area contributed by atoms with Crippen LogP contribution in [0.1, 0.15) is 30.6 Å². The first-order valence-electron chi connectivity index (χ1n) is 5.80. The Hall–Kier alpha value is -0.390. The van der Waals surface area contributed by atoms with Crippen molar-refractivity contribution in [1.29, 1.82) is 0 Å². The van der Waals surface area contributed by atoms with E-state index in [2.05, 4.69) is 51.0 Å². The lowest BCUT2D eigenvalue weighted by Gasteiger charge is -2.18. The van der Waals surface area contributed by atoms with Crippen molar-refractivity contribution in [2.75, 3.05) is 6.61 Å². The van der Waals surface area contributed by atoms with Crippen molar-refractivity contribution in [3.05, 3.63) is 32.7 Å². The maximum atomic E-state index is 12.1. The van der Waals surface area contributed by atoms with Crippen LogP contribution in [-0.2, 0) is 0 Å². The van der Waals surface area contributed by atoms with E-state index in [1.54, 1.807) is 6.07 Å². The van der Waals surface area contributed by atoms with Crippen molar-refractivity contribution in [3.63, 3.8) is 0 Å². The largest absolute Gasteiger partial charge is 0.394 e. The minimum absolute atomic E-state index is 0.0461. The molecule has 0 aliphatic rings. The third-order valence-corrected chi connectivity index (χ3v) is 3.67. The van der Waals surface area contributed by atoms with Gasteiger partial charge in [0.05, 0.1) is 18.2 Å². The van der Waals surface area contributed by atoms with Crippen LogP contribution in [0.3, 0.4) is 0 Å². The summed E-state index contributed by atoms with van der Waals surface area (Å²) in [5.74, 6) is 0.247. The molecule has 0 aromatic heterocycles. The van der Waals surface area contributed by atoms with E-state index in [9.17, 15) is 9.90 Å². The average molecular weight is 379 g/mol. The number of nitrogens with one attached hydrogen (secondary N) is 1. The summed E-state index contributed by atoms with van der Waals surface area (Å²) < 4.78 is 1.59. The minimum atomic E-state index is -0.205. The number of benzene rings is 1. The van der Waals surface area contributed by atoms with Gasteiger partial charge in [-0.3, -0.25) is 4.79 Å². The first-order chi connectivity index (χ1) is 8.43. The molecule has 0 spiro atoms. The van der Waals surface area contributed by atoms with Gasteiger partial charge in [-0.25, -0.2) is 0 Å². The summed E-state index contributed by atoms with van der Waals surface area (Å²) in [7, 11) is 0. The maximum Gasteiger partial charge on any atom is 0.252 e. The van der Waals surface area contributed by atoms with E-state index in [-0.39, 0.29) is 18.6 Å². The van der Waals surface area contributed by atoms with E-state index in [4.69, 9.17) is 0 Å². The van der Waals surface area contributed by atoms with Gasteiger partial charge in [0.15, 0.2) is 0 Å². The number of hydrogen-bond acceptors (Lipinski definition) is 2. The second-order valence-electron chi connectivity index (χ2n) is 4.61. The van der Waals surface area contributed by atoms with Crippen LogP contribution in [0.15, 0.2) is 27.1 Å². The predicted octanol–water partition coefficient (Wildman–Crippen LogP) is 3.35. The van der Waals surface area contributed by atoms with Crippen LogP contribution >= 0.6 is 31.9 Å². The number of hydrogen-bond donors (Lipinski definition) is 2. The Morgan fingerprint density at radius 2 is 2.06 bits per heavy atom. The van der Waals surface area contributed by atoms with Gasteiger partial charge >= 0.3 is 0 Å². The molecule has 0 aliphatic heterocycles. The summed E-state index contributed by atoms with van der Waals surface area (Å²) in [6, 6.07) is 5.22. The Kier molecular flexibility index (Phi) is 6.32. The van der Waals surface area contributed by atoms with Gasteiger partial charge in [-0.15, -0.1) is 0 Å². The van der Waals surface area contributed by atoms with Crippen molar-refractivity contribution >= 4 is 37.8 Å². The molecule has 0 aliphatic carbocycles. The molecule has 0 fully saturated rings. The van der Waals surface area contributed by atoms with Gasteiger partial charge in [0.1, 0.15) is 0 Å². The highest BCUT2D eigenvalue weighted by molar-refractivity contribution is 9.11. The van der Waals surface area contributed by atoms with Crippen LogP contribution in [0.25, 0.3) is 0 Å². The van der Waals surface area contributed by atoms with Gasteiger partial charge in [-0.05, 0) is 46.5 Å². The lowest BCUT2D eigenvalue weighted by Crippen LogP contribution is -2.38. The summed E-state index contributed by atoms with van der Waals surface area (Å²) in [5, 5.41) is 12.1. The van der Waals surface area contributed by atoms with Gasteiger partial charge < -0.3 is 10.4 Å². The molecule has 5 heteroatoms. The second kappa shape index (κ2) is 7.26. The lowest BCUT2D eigenvalue weighted by atomic mass is 10.0. The Labute approximate surface area is 124 Å². The van der Waals surface area contributed by atoms with Gasteiger partial charge in [0.25, 0.3) is 5.91 Å². The molecule has 0 bridgehead atoms. The van der Waals surface area contributed by atoms with E-state index in [0.29, 0.717) is 11.5 Å². The molecule has 1 rings (SSSR count). The van der Waals surface area contributed by atoms with E-state index >= 15 is 0 Å². The zero-order valence-corrected chi connectivity index (χ0v) is 13.6. The van der Waals surface area contributed by atoms with Gasteiger partial charge in [-0.1, -0.05) is 29.8 Å². The lowest BCUT2D eigenvalue weighted by molar-refractivity contribution is 0.0907. The van der Waals surface area contributed by atoms with E-state index in [0.717, 1.165) is 15.4 Å². The second-order valence-corrected chi connectivity index (χ2v) is 6.38. The van der Waals surface area contributed by atoms with Gasteiger partial charge in [0, 0.05) is 8.95 Å². The summed E-state index contributed by atoms with van der Waals surface area (Å²) >= 11 is 6.69. The zero-order valence-electron chi connectivity index (χ0n) is 10.4. The van der Waals surface area contributed by atoms with Crippen LogP contribution in [-0.4, -0.2) is 23.7 Å². The minimum Gasteiger partial charge on any atom is -0.394 e. The first kappa shape index (κ1) is 15.7. The number of rotatable bonds is 5. The molecule has 1 aromatic carbocycles. The SMILES string of the molecule is CC(C)CC(CO)NC(=O)c1cc(Br)ccc1Br. The van der Waals surface area contributed by atoms with Crippen molar-refractivity contribution in [1.82, 2.24) is 5.32 Å². The number of carbonyl (C=O) groups is 1. The van der Waals surface area contributed by atoms with E-state index in [1.165, 1.54) is 0 Å². The highest BCUT2D eigenvalue weighted by Crippen LogP contribution is 2.21. The molecule has 1 atom stereocenters. The predicted molar refractivity (Wildman–Crippen MR) is 79.6 cm³/mol. The number of aliphatic hydroxyl groups is 1. The van der Waals surface area contributed by atoms with Crippen LogP contribution < -0.4 is 5.32 Å². The smallest absolute Gasteiger partial charge is 0.252 e. The summed E-state index contributed by atoms with van der Waals surface area (Å²) in [4.78, 5) is 12.1. The van der Waals surface area contributed by atoms with E-state index < -0.39 is 0 Å². The maximum absolute atomic E-state index is 12.1. The Morgan fingerprint density at radius 1 is 1.39 bits per heavy atom. The fraction of sp³-hybridized carbons (Fsp3) is 0.462. The Balaban J connectivity index is 2.77. The van der Waals surface area contributed by atoms with Crippen LogP contribution in [0.5, 0.6) is 0 Å².